The monoisotopic (exact) mass is 284 g/mol. The lowest BCUT2D eigenvalue weighted by molar-refractivity contribution is -0.133. The summed E-state index contributed by atoms with van der Waals surface area (Å²) in [5, 5.41) is 13.4. The molecule has 0 aromatic carbocycles. The zero-order valence-electron chi connectivity index (χ0n) is 13.3. The van der Waals surface area contributed by atoms with Gasteiger partial charge in [-0.3, -0.25) is 4.79 Å². The third-order valence-corrected chi connectivity index (χ3v) is 4.17. The van der Waals surface area contributed by atoms with Gasteiger partial charge in [0.1, 0.15) is 0 Å². The molecule has 20 heavy (non-hydrogen) atoms. The van der Waals surface area contributed by atoms with Gasteiger partial charge in [-0.1, -0.05) is 45.4 Å². The molecule has 2 N–H and O–H groups in total. The van der Waals surface area contributed by atoms with E-state index in [0.717, 1.165) is 25.8 Å². The van der Waals surface area contributed by atoms with Crippen molar-refractivity contribution in [3.63, 3.8) is 0 Å². The van der Waals surface area contributed by atoms with Gasteiger partial charge in [0, 0.05) is 20.0 Å². The molecule has 0 aromatic rings. The average molecular weight is 284 g/mol. The quantitative estimate of drug-likeness (QED) is 0.605. The number of aliphatic hydroxyl groups is 1. The average Bonchev–Trinajstić information content (AvgIpc) is 2.83. The van der Waals surface area contributed by atoms with E-state index in [4.69, 9.17) is 0 Å². The second kappa shape index (κ2) is 9.35. The maximum atomic E-state index is 12.0. The summed E-state index contributed by atoms with van der Waals surface area (Å²) in [4.78, 5) is 13.7. The van der Waals surface area contributed by atoms with E-state index >= 15 is 0 Å². The summed E-state index contributed by atoms with van der Waals surface area (Å²) in [6, 6.07) is 0. The number of unbranched alkanes of at least 4 members (excludes halogenated alkanes) is 6. The molecule has 1 atom stereocenters. The lowest BCUT2D eigenvalue weighted by Gasteiger charge is -2.28. The molecule has 1 rings (SSSR count). The first-order chi connectivity index (χ1) is 9.57. The molecule has 1 fully saturated rings. The highest BCUT2D eigenvalue weighted by atomic mass is 16.3. The maximum absolute atomic E-state index is 12.0. The van der Waals surface area contributed by atoms with Crippen molar-refractivity contribution in [1.82, 2.24) is 10.2 Å². The van der Waals surface area contributed by atoms with Crippen LogP contribution in [0.2, 0.25) is 0 Å². The minimum Gasteiger partial charge on any atom is -0.387 e. The topological polar surface area (TPSA) is 52.6 Å². The maximum Gasteiger partial charge on any atom is 0.222 e. The Kier molecular flexibility index (Phi) is 8.15. The SMILES string of the molecule is CCCCCCCCCC(=O)N(C)CC1(O)CCNC1. The first kappa shape index (κ1) is 17.4. The highest BCUT2D eigenvalue weighted by Gasteiger charge is 2.33. The number of hydrogen-bond donors (Lipinski definition) is 2. The molecule has 1 aliphatic heterocycles. The van der Waals surface area contributed by atoms with E-state index < -0.39 is 5.60 Å². The first-order valence-corrected chi connectivity index (χ1v) is 8.24. The number of β-amino-alcohol motifs (C(OH)–C–C–N with tert-alkyl or cyclic N) is 1. The molecule has 1 aliphatic rings. The number of likely N-dealkylation sites (N-methyl/N-ethyl adjacent to an activating group) is 1. The van der Waals surface area contributed by atoms with Gasteiger partial charge >= 0.3 is 0 Å². The van der Waals surface area contributed by atoms with Crippen molar-refractivity contribution in [2.75, 3.05) is 26.7 Å². The zero-order valence-corrected chi connectivity index (χ0v) is 13.3. The number of hydrogen-bond acceptors (Lipinski definition) is 3. The molecule has 0 radical (unpaired) electrons. The summed E-state index contributed by atoms with van der Waals surface area (Å²) in [5.74, 6) is 0.166. The smallest absolute Gasteiger partial charge is 0.222 e. The van der Waals surface area contributed by atoms with Crippen LogP contribution in [0.4, 0.5) is 0 Å². The number of nitrogens with zero attached hydrogens (tertiary/aromatic N) is 1. The van der Waals surface area contributed by atoms with E-state index in [0.29, 0.717) is 19.5 Å². The van der Waals surface area contributed by atoms with Gasteiger partial charge in [-0.05, 0) is 19.4 Å². The van der Waals surface area contributed by atoms with Gasteiger partial charge in [0.15, 0.2) is 0 Å². The Hall–Kier alpha value is -0.610. The standard InChI is InChI=1S/C16H32N2O2/c1-3-4-5-6-7-8-9-10-15(19)18(2)14-16(20)11-12-17-13-16/h17,20H,3-14H2,1-2H3. The largest absolute Gasteiger partial charge is 0.387 e. The fourth-order valence-electron chi connectivity index (χ4n) is 2.82. The zero-order chi connectivity index (χ0) is 14.8. The molecule has 118 valence electrons. The molecule has 4 nitrogen and oxygen atoms in total. The van der Waals surface area contributed by atoms with Crippen LogP contribution < -0.4 is 5.32 Å². The van der Waals surface area contributed by atoms with E-state index in [9.17, 15) is 9.90 Å². The van der Waals surface area contributed by atoms with E-state index in [1.807, 2.05) is 0 Å². The highest BCUT2D eigenvalue weighted by Crippen LogP contribution is 2.16. The van der Waals surface area contributed by atoms with Crippen molar-refractivity contribution < 1.29 is 9.90 Å². The van der Waals surface area contributed by atoms with Crippen molar-refractivity contribution in [3.05, 3.63) is 0 Å². The third-order valence-electron chi connectivity index (χ3n) is 4.17. The number of amides is 1. The molecular formula is C16H32N2O2. The fourth-order valence-corrected chi connectivity index (χ4v) is 2.82. The number of nitrogens with one attached hydrogen (secondary N) is 1. The second-order valence-corrected chi connectivity index (χ2v) is 6.27. The molecule has 1 saturated heterocycles. The van der Waals surface area contributed by atoms with E-state index in [1.54, 1.807) is 11.9 Å². The van der Waals surface area contributed by atoms with Crippen LogP contribution in [0.5, 0.6) is 0 Å². The summed E-state index contributed by atoms with van der Waals surface area (Å²) in [5.41, 5.74) is -0.718. The summed E-state index contributed by atoms with van der Waals surface area (Å²) in [6.07, 6.45) is 9.95. The third kappa shape index (κ3) is 6.71. The summed E-state index contributed by atoms with van der Waals surface area (Å²) < 4.78 is 0. The van der Waals surface area contributed by atoms with Gasteiger partial charge in [0.05, 0.1) is 12.1 Å². The van der Waals surface area contributed by atoms with Gasteiger partial charge in [0.25, 0.3) is 0 Å². The van der Waals surface area contributed by atoms with Crippen LogP contribution in [0.1, 0.15) is 64.7 Å². The Bertz CT molecular complexity index is 276. The lowest BCUT2D eigenvalue weighted by Crippen LogP contribution is -2.45. The summed E-state index contributed by atoms with van der Waals surface area (Å²) in [7, 11) is 1.81. The number of rotatable bonds is 10. The van der Waals surface area contributed by atoms with Crippen LogP contribution in [-0.2, 0) is 4.79 Å². The van der Waals surface area contributed by atoms with Crippen molar-refractivity contribution in [1.29, 1.82) is 0 Å². The first-order valence-electron chi connectivity index (χ1n) is 8.24. The highest BCUT2D eigenvalue weighted by molar-refractivity contribution is 5.75. The minimum absolute atomic E-state index is 0.166. The molecule has 0 bridgehead atoms. The van der Waals surface area contributed by atoms with Crippen LogP contribution in [-0.4, -0.2) is 48.2 Å². The van der Waals surface area contributed by atoms with E-state index in [2.05, 4.69) is 12.2 Å². The van der Waals surface area contributed by atoms with Crippen molar-refractivity contribution in [2.45, 2.75) is 70.3 Å². The molecule has 1 heterocycles. The predicted molar refractivity (Wildman–Crippen MR) is 82.7 cm³/mol. The van der Waals surface area contributed by atoms with Gasteiger partial charge in [-0.25, -0.2) is 0 Å². The molecule has 0 aromatic heterocycles. The van der Waals surface area contributed by atoms with Crippen LogP contribution >= 0.6 is 0 Å². The fraction of sp³-hybridized carbons (Fsp3) is 0.938. The Labute approximate surface area is 123 Å². The van der Waals surface area contributed by atoms with Crippen LogP contribution in [0, 0.1) is 0 Å². The van der Waals surface area contributed by atoms with Gasteiger partial charge in [-0.15, -0.1) is 0 Å². The molecule has 0 saturated carbocycles. The number of carbonyl (C=O) groups excluding carboxylic acids is 1. The molecule has 1 unspecified atom stereocenters. The Balaban J connectivity index is 2.06. The van der Waals surface area contributed by atoms with Crippen molar-refractivity contribution >= 4 is 5.91 Å². The Morgan fingerprint density at radius 1 is 1.20 bits per heavy atom. The second-order valence-electron chi connectivity index (χ2n) is 6.27. The molecule has 0 aliphatic carbocycles. The molecular weight excluding hydrogens is 252 g/mol. The van der Waals surface area contributed by atoms with Crippen LogP contribution in [0.25, 0.3) is 0 Å². The van der Waals surface area contributed by atoms with Gasteiger partial charge in [-0.2, -0.15) is 0 Å². The summed E-state index contributed by atoms with van der Waals surface area (Å²) in [6.45, 7) is 4.12. The molecule has 4 heteroatoms. The summed E-state index contributed by atoms with van der Waals surface area (Å²) >= 11 is 0. The van der Waals surface area contributed by atoms with Gasteiger partial charge < -0.3 is 15.3 Å². The van der Waals surface area contributed by atoms with Crippen molar-refractivity contribution in [3.8, 4) is 0 Å². The normalized spacial score (nSPS) is 22.1. The Morgan fingerprint density at radius 2 is 1.85 bits per heavy atom. The van der Waals surface area contributed by atoms with E-state index in [-0.39, 0.29) is 5.91 Å². The molecule has 0 spiro atoms. The van der Waals surface area contributed by atoms with Gasteiger partial charge in [0.2, 0.25) is 5.91 Å². The van der Waals surface area contributed by atoms with Crippen LogP contribution in [0.15, 0.2) is 0 Å². The lowest BCUT2D eigenvalue weighted by atomic mass is 10.0. The number of carbonyl (C=O) groups is 1. The van der Waals surface area contributed by atoms with Crippen molar-refractivity contribution in [2.24, 2.45) is 0 Å². The minimum atomic E-state index is -0.718. The Morgan fingerprint density at radius 3 is 2.45 bits per heavy atom. The molecule has 1 amide bonds. The predicted octanol–water partition coefficient (Wildman–Crippen LogP) is 2.31. The van der Waals surface area contributed by atoms with E-state index in [1.165, 1.54) is 32.1 Å². The van der Waals surface area contributed by atoms with Crippen LogP contribution in [0.3, 0.4) is 0 Å².